The van der Waals surface area contributed by atoms with Gasteiger partial charge in [-0.3, -0.25) is 4.57 Å². The molecule has 1 fully saturated rings. The number of hydrogen-bond acceptors (Lipinski definition) is 6. The van der Waals surface area contributed by atoms with E-state index in [-0.39, 0.29) is 0 Å². The molecule has 0 spiro atoms. The third kappa shape index (κ3) is 4.48. The second-order valence-corrected chi connectivity index (χ2v) is 7.63. The summed E-state index contributed by atoms with van der Waals surface area (Å²) in [6.45, 7) is 5.77. The molecule has 4 rings (SSSR count). The summed E-state index contributed by atoms with van der Waals surface area (Å²) in [6.07, 6.45) is 0. The molecule has 1 aliphatic rings. The number of anilines is 1. The maximum atomic E-state index is 5.85. The fraction of sp³-hybridized carbons (Fsp3) is 0.333. The molecule has 1 saturated heterocycles. The van der Waals surface area contributed by atoms with Crippen molar-refractivity contribution in [3.8, 4) is 11.4 Å². The van der Waals surface area contributed by atoms with Gasteiger partial charge in [-0.1, -0.05) is 47.7 Å². The second-order valence-electron chi connectivity index (χ2n) is 6.56. The summed E-state index contributed by atoms with van der Waals surface area (Å²) in [7, 11) is 0. The molecule has 1 aliphatic heterocycles. The summed E-state index contributed by atoms with van der Waals surface area (Å²) >= 11 is 1.66. The standard InChI is InChI=1S/C21H24N4O2S/c1-17-7-9-19(10-8-17)27-15-16-28-21-23-22-20(24-11-13-26-14-12-24)25(21)18-5-3-2-4-6-18/h2-10H,11-16H2,1H3. The normalized spacial score (nSPS) is 14.2. The van der Waals surface area contributed by atoms with Crippen LogP contribution in [0.15, 0.2) is 59.8 Å². The predicted octanol–water partition coefficient (Wildman–Crippen LogP) is 3.58. The fourth-order valence-corrected chi connectivity index (χ4v) is 3.82. The van der Waals surface area contributed by atoms with Crippen LogP contribution in [0.2, 0.25) is 0 Å². The molecule has 0 N–H and O–H groups in total. The van der Waals surface area contributed by atoms with Gasteiger partial charge in [0.05, 0.1) is 25.5 Å². The van der Waals surface area contributed by atoms with Gasteiger partial charge in [-0.05, 0) is 31.2 Å². The van der Waals surface area contributed by atoms with Crippen LogP contribution in [0.4, 0.5) is 5.95 Å². The number of thioether (sulfide) groups is 1. The lowest BCUT2D eigenvalue weighted by atomic mass is 10.2. The minimum atomic E-state index is 0.613. The van der Waals surface area contributed by atoms with Gasteiger partial charge in [-0.25, -0.2) is 0 Å². The van der Waals surface area contributed by atoms with E-state index in [1.807, 2.05) is 30.3 Å². The highest BCUT2D eigenvalue weighted by Gasteiger charge is 2.21. The predicted molar refractivity (Wildman–Crippen MR) is 112 cm³/mol. The van der Waals surface area contributed by atoms with Crippen LogP contribution in [0.25, 0.3) is 5.69 Å². The van der Waals surface area contributed by atoms with Crippen LogP contribution in [0.5, 0.6) is 5.75 Å². The third-order valence-electron chi connectivity index (χ3n) is 4.53. The summed E-state index contributed by atoms with van der Waals surface area (Å²) in [5.41, 5.74) is 2.30. The number of benzene rings is 2. The monoisotopic (exact) mass is 396 g/mol. The van der Waals surface area contributed by atoms with E-state index in [4.69, 9.17) is 9.47 Å². The van der Waals surface area contributed by atoms with E-state index in [2.05, 4.69) is 50.9 Å². The van der Waals surface area contributed by atoms with Gasteiger partial charge in [-0.15, -0.1) is 10.2 Å². The molecule has 0 bridgehead atoms. The summed E-state index contributed by atoms with van der Waals surface area (Å²) < 4.78 is 13.5. The van der Waals surface area contributed by atoms with Crippen molar-refractivity contribution in [3.05, 3.63) is 60.2 Å². The van der Waals surface area contributed by atoms with Gasteiger partial charge in [0, 0.05) is 18.8 Å². The van der Waals surface area contributed by atoms with Crippen molar-refractivity contribution in [3.63, 3.8) is 0 Å². The fourth-order valence-electron chi connectivity index (χ4n) is 3.05. The molecule has 7 heteroatoms. The van der Waals surface area contributed by atoms with E-state index in [1.165, 1.54) is 5.56 Å². The van der Waals surface area contributed by atoms with E-state index in [0.717, 1.165) is 41.4 Å². The highest BCUT2D eigenvalue weighted by atomic mass is 32.2. The van der Waals surface area contributed by atoms with Crippen LogP contribution in [0.1, 0.15) is 5.56 Å². The zero-order valence-electron chi connectivity index (χ0n) is 16.0. The summed E-state index contributed by atoms with van der Waals surface area (Å²) in [6, 6.07) is 18.4. The van der Waals surface area contributed by atoms with Crippen LogP contribution >= 0.6 is 11.8 Å². The van der Waals surface area contributed by atoms with Gasteiger partial charge in [0.2, 0.25) is 5.95 Å². The van der Waals surface area contributed by atoms with Crippen LogP contribution in [-0.2, 0) is 4.74 Å². The van der Waals surface area contributed by atoms with Crippen LogP contribution in [-0.4, -0.2) is 53.4 Å². The molecule has 1 aromatic heterocycles. The maximum Gasteiger partial charge on any atom is 0.232 e. The van der Waals surface area contributed by atoms with E-state index >= 15 is 0 Å². The number of nitrogens with zero attached hydrogens (tertiary/aromatic N) is 4. The molecular formula is C21H24N4O2S. The third-order valence-corrected chi connectivity index (χ3v) is 5.42. The number of para-hydroxylation sites is 1. The topological polar surface area (TPSA) is 52.4 Å². The average molecular weight is 397 g/mol. The van der Waals surface area contributed by atoms with Crippen molar-refractivity contribution in [2.45, 2.75) is 12.1 Å². The number of aryl methyl sites for hydroxylation is 1. The van der Waals surface area contributed by atoms with E-state index in [9.17, 15) is 0 Å². The Kier molecular flexibility index (Phi) is 6.14. The number of rotatable bonds is 7. The Morgan fingerprint density at radius 1 is 1.00 bits per heavy atom. The van der Waals surface area contributed by atoms with Gasteiger partial charge in [0.25, 0.3) is 0 Å². The van der Waals surface area contributed by atoms with E-state index in [0.29, 0.717) is 19.8 Å². The largest absolute Gasteiger partial charge is 0.493 e. The SMILES string of the molecule is Cc1ccc(OCCSc2nnc(N3CCOCC3)n2-c2ccccc2)cc1. The maximum absolute atomic E-state index is 5.85. The van der Waals surface area contributed by atoms with Crippen LogP contribution in [0, 0.1) is 6.92 Å². The van der Waals surface area contributed by atoms with Crippen molar-refractivity contribution in [1.82, 2.24) is 14.8 Å². The van der Waals surface area contributed by atoms with E-state index in [1.54, 1.807) is 11.8 Å². The Hall–Kier alpha value is -2.51. The molecule has 0 unspecified atom stereocenters. The first-order chi connectivity index (χ1) is 13.8. The molecule has 2 aromatic carbocycles. The number of morpholine rings is 1. The van der Waals surface area contributed by atoms with Crippen molar-refractivity contribution in [2.24, 2.45) is 0 Å². The molecule has 0 saturated carbocycles. The van der Waals surface area contributed by atoms with Gasteiger partial charge >= 0.3 is 0 Å². The minimum Gasteiger partial charge on any atom is -0.493 e. The molecule has 0 radical (unpaired) electrons. The number of ether oxygens (including phenoxy) is 2. The zero-order valence-corrected chi connectivity index (χ0v) is 16.8. The Balaban J connectivity index is 1.46. The lowest BCUT2D eigenvalue weighted by Crippen LogP contribution is -2.37. The van der Waals surface area contributed by atoms with Crippen molar-refractivity contribution < 1.29 is 9.47 Å². The average Bonchev–Trinajstić information content (AvgIpc) is 3.18. The second kappa shape index (κ2) is 9.12. The molecule has 2 heterocycles. The van der Waals surface area contributed by atoms with Crippen LogP contribution in [0.3, 0.4) is 0 Å². The Labute approximate surface area is 169 Å². The minimum absolute atomic E-state index is 0.613. The summed E-state index contributed by atoms with van der Waals surface area (Å²) in [5, 5.41) is 9.82. The molecule has 28 heavy (non-hydrogen) atoms. The van der Waals surface area contributed by atoms with Gasteiger partial charge in [-0.2, -0.15) is 0 Å². The highest BCUT2D eigenvalue weighted by molar-refractivity contribution is 7.99. The first-order valence-corrected chi connectivity index (χ1v) is 10.5. The van der Waals surface area contributed by atoms with Gasteiger partial charge < -0.3 is 14.4 Å². The van der Waals surface area contributed by atoms with Crippen molar-refractivity contribution in [2.75, 3.05) is 43.6 Å². The quantitative estimate of drug-likeness (QED) is 0.449. The molecule has 6 nitrogen and oxygen atoms in total. The lowest BCUT2D eigenvalue weighted by molar-refractivity contribution is 0.122. The van der Waals surface area contributed by atoms with Gasteiger partial charge in [0.1, 0.15) is 5.75 Å². The number of hydrogen-bond donors (Lipinski definition) is 0. The van der Waals surface area contributed by atoms with E-state index < -0.39 is 0 Å². The molecule has 146 valence electrons. The van der Waals surface area contributed by atoms with Gasteiger partial charge in [0.15, 0.2) is 5.16 Å². The first kappa shape index (κ1) is 18.8. The van der Waals surface area contributed by atoms with Crippen molar-refractivity contribution in [1.29, 1.82) is 0 Å². The molecule has 3 aromatic rings. The summed E-state index contributed by atoms with van der Waals surface area (Å²) in [5.74, 6) is 2.56. The molecule has 0 atom stereocenters. The number of aromatic nitrogens is 3. The lowest BCUT2D eigenvalue weighted by Gasteiger charge is -2.27. The van der Waals surface area contributed by atoms with Crippen molar-refractivity contribution >= 4 is 17.7 Å². The smallest absolute Gasteiger partial charge is 0.232 e. The Morgan fingerprint density at radius 3 is 2.50 bits per heavy atom. The summed E-state index contributed by atoms with van der Waals surface area (Å²) in [4.78, 5) is 2.23. The Morgan fingerprint density at radius 2 is 1.75 bits per heavy atom. The first-order valence-electron chi connectivity index (χ1n) is 9.47. The zero-order chi connectivity index (χ0) is 19.2. The molecule has 0 aliphatic carbocycles. The molecular weight excluding hydrogens is 372 g/mol. The highest BCUT2D eigenvalue weighted by Crippen LogP contribution is 2.27. The Bertz CT molecular complexity index is 877. The van der Waals surface area contributed by atoms with Crippen LogP contribution < -0.4 is 9.64 Å². The molecule has 0 amide bonds.